The average molecular weight is 177 g/mol. The molecule has 1 rings (SSSR count). The molecule has 3 heteroatoms. The van der Waals surface area contributed by atoms with Gasteiger partial charge in [-0.05, 0) is 19.1 Å². The highest BCUT2D eigenvalue weighted by Crippen LogP contribution is 2.03. The number of rotatable bonds is 4. The summed E-state index contributed by atoms with van der Waals surface area (Å²) < 4.78 is 0. The van der Waals surface area contributed by atoms with Gasteiger partial charge in [0.15, 0.2) is 5.78 Å². The first-order chi connectivity index (χ1) is 6.20. The molecule has 0 aliphatic carbocycles. The molecule has 1 aromatic heterocycles. The van der Waals surface area contributed by atoms with Crippen molar-refractivity contribution in [1.82, 2.24) is 4.98 Å². The fraction of sp³-hybridized carbons (Fsp3) is 0.300. The fourth-order valence-electron chi connectivity index (χ4n) is 0.972. The zero-order valence-electron chi connectivity index (χ0n) is 7.49. The van der Waals surface area contributed by atoms with Crippen molar-refractivity contribution >= 4 is 11.6 Å². The molecule has 0 fully saturated rings. The number of carbonyl (C=O) groups excluding carboxylic acids is 2. The van der Waals surface area contributed by atoms with Crippen molar-refractivity contribution in [2.75, 3.05) is 0 Å². The van der Waals surface area contributed by atoms with Gasteiger partial charge in [0, 0.05) is 30.8 Å². The Hall–Kier alpha value is -1.51. The number of pyridine rings is 1. The smallest absolute Gasteiger partial charge is 0.163 e. The SMILES string of the molecule is CC(=O)CCC(=O)c1ccncc1. The largest absolute Gasteiger partial charge is 0.300 e. The van der Waals surface area contributed by atoms with E-state index in [1.807, 2.05) is 0 Å². The van der Waals surface area contributed by atoms with Crippen molar-refractivity contribution in [3.63, 3.8) is 0 Å². The number of hydrogen-bond donors (Lipinski definition) is 0. The summed E-state index contributed by atoms with van der Waals surface area (Å²) >= 11 is 0. The highest BCUT2D eigenvalue weighted by Gasteiger charge is 2.05. The lowest BCUT2D eigenvalue weighted by Crippen LogP contribution is -2.01. The molecule has 0 aromatic carbocycles. The molecule has 1 aromatic rings. The molecule has 0 amide bonds. The second kappa shape index (κ2) is 4.50. The Morgan fingerprint density at radius 1 is 1.23 bits per heavy atom. The van der Waals surface area contributed by atoms with Crippen LogP contribution in [0.25, 0.3) is 0 Å². The molecule has 0 atom stereocenters. The minimum Gasteiger partial charge on any atom is -0.300 e. The fourth-order valence-corrected chi connectivity index (χ4v) is 0.972. The van der Waals surface area contributed by atoms with Crippen molar-refractivity contribution in [3.05, 3.63) is 30.1 Å². The van der Waals surface area contributed by atoms with Crippen LogP contribution in [0.4, 0.5) is 0 Å². The number of ketones is 2. The first-order valence-corrected chi connectivity index (χ1v) is 4.13. The summed E-state index contributed by atoms with van der Waals surface area (Å²) in [6.45, 7) is 1.49. The Kier molecular flexibility index (Phi) is 3.31. The minimum atomic E-state index is -0.00222. The van der Waals surface area contributed by atoms with Crippen molar-refractivity contribution in [2.45, 2.75) is 19.8 Å². The van der Waals surface area contributed by atoms with Gasteiger partial charge < -0.3 is 4.79 Å². The van der Waals surface area contributed by atoms with E-state index in [0.29, 0.717) is 18.4 Å². The lowest BCUT2D eigenvalue weighted by atomic mass is 10.1. The molecule has 0 saturated carbocycles. The number of hydrogen-bond acceptors (Lipinski definition) is 3. The van der Waals surface area contributed by atoms with Gasteiger partial charge in [0.1, 0.15) is 5.78 Å². The summed E-state index contributed by atoms with van der Waals surface area (Å²) in [5.41, 5.74) is 0.622. The molecule has 0 unspecified atom stereocenters. The number of carbonyl (C=O) groups is 2. The van der Waals surface area contributed by atoms with E-state index in [1.54, 1.807) is 24.5 Å². The van der Waals surface area contributed by atoms with E-state index in [9.17, 15) is 9.59 Å². The molecular formula is C10H11NO2. The molecule has 13 heavy (non-hydrogen) atoms. The van der Waals surface area contributed by atoms with Crippen molar-refractivity contribution in [1.29, 1.82) is 0 Å². The van der Waals surface area contributed by atoms with Gasteiger partial charge in [-0.25, -0.2) is 0 Å². The minimum absolute atomic E-state index is 0.00222. The van der Waals surface area contributed by atoms with Crippen LogP contribution < -0.4 is 0 Å². The van der Waals surface area contributed by atoms with E-state index in [-0.39, 0.29) is 11.6 Å². The first-order valence-electron chi connectivity index (χ1n) is 4.13. The molecule has 0 aliphatic heterocycles. The van der Waals surface area contributed by atoms with E-state index in [2.05, 4.69) is 4.98 Å². The van der Waals surface area contributed by atoms with Gasteiger partial charge >= 0.3 is 0 Å². The van der Waals surface area contributed by atoms with Crippen LogP contribution in [-0.2, 0) is 4.79 Å². The van der Waals surface area contributed by atoms with Gasteiger partial charge in [-0.3, -0.25) is 9.78 Å². The average Bonchev–Trinajstić information content (AvgIpc) is 2.15. The van der Waals surface area contributed by atoms with Crippen molar-refractivity contribution < 1.29 is 9.59 Å². The molecular weight excluding hydrogens is 166 g/mol. The van der Waals surface area contributed by atoms with E-state index in [0.717, 1.165) is 0 Å². The molecule has 0 spiro atoms. The molecule has 0 radical (unpaired) electrons. The highest BCUT2D eigenvalue weighted by atomic mass is 16.1. The molecule has 68 valence electrons. The Balaban J connectivity index is 2.54. The van der Waals surface area contributed by atoms with Crippen molar-refractivity contribution in [2.24, 2.45) is 0 Å². The second-order valence-electron chi connectivity index (χ2n) is 2.86. The van der Waals surface area contributed by atoms with Crippen molar-refractivity contribution in [3.8, 4) is 0 Å². The maximum atomic E-state index is 11.4. The predicted molar refractivity (Wildman–Crippen MR) is 48.5 cm³/mol. The van der Waals surface area contributed by atoms with Crippen LogP contribution in [0.15, 0.2) is 24.5 Å². The maximum absolute atomic E-state index is 11.4. The Labute approximate surface area is 76.8 Å². The summed E-state index contributed by atoms with van der Waals surface area (Å²) in [4.78, 5) is 25.8. The molecule has 0 aliphatic rings. The number of Topliss-reactive ketones (excluding diaryl/α,β-unsaturated/α-hetero) is 2. The third kappa shape index (κ3) is 3.15. The van der Waals surface area contributed by atoms with Crippen LogP contribution in [0, 0.1) is 0 Å². The van der Waals surface area contributed by atoms with E-state index >= 15 is 0 Å². The van der Waals surface area contributed by atoms with Crippen LogP contribution in [0.5, 0.6) is 0 Å². The van der Waals surface area contributed by atoms with Crippen LogP contribution in [0.3, 0.4) is 0 Å². The van der Waals surface area contributed by atoms with E-state index in [4.69, 9.17) is 0 Å². The van der Waals surface area contributed by atoms with Gasteiger partial charge in [-0.2, -0.15) is 0 Å². The lowest BCUT2D eigenvalue weighted by Gasteiger charge is -1.97. The molecule has 3 nitrogen and oxygen atoms in total. The van der Waals surface area contributed by atoms with E-state index in [1.165, 1.54) is 6.92 Å². The lowest BCUT2D eigenvalue weighted by molar-refractivity contribution is -0.116. The van der Waals surface area contributed by atoms with Crippen LogP contribution >= 0.6 is 0 Å². The molecule has 0 N–H and O–H groups in total. The molecule has 0 saturated heterocycles. The first kappa shape index (κ1) is 9.58. The van der Waals surface area contributed by atoms with Crippen LogP contribution in [0.1, 0.15) is 30.1 Å². The molecule has 0 bridgehead atoms. The summed E-state index contributed by atoms with van der Waals surface area (Å²) in [5.74, 6) is 0.0417. The predicted octanol–water partition coefficient (Wildman–Crippen LogP) is 1.63. The molecule has 1 heterocycles. The Morgan fingerprint density at radius 2 is 1.85 bits per heavy atom. The van der Waals surface area contributed by atoms with Crippen LogP contribution in [-0.4, -0.2) is 16.6 Å². The zero-order chi connectivity index (χ0) is 9.68. The van der Waals surface area contributed by atoms with Gasteiger partial charge in [0.25, 0.3) is 0 Å². The number of nitrogens with zero attached hydrogens (tertiary/aromatic N) is 1. The Morgan fingerprint density at radius 3 is 2.38 bits per heavy atom. The summed E-state index contributed by atoms with van der Waals surface area (Å²) in [6.07, 6.45) is 3.75. The Bertz CT molecular complexity index is 306. The summed E-state index contributed by atoms with van der Waals surface area (Å²) in [6, 6.07) is 3.31. The monoisotopic (exact) mass is 177 g/mol. The van der Waals surface area contributed by atoms with Gasteiger partial charge in [0.2, 0.25) is 0 Å². The second-order valence-corrected chi connectivity index (χ2v) is 2.86. The topological polar surface area (TPSA) is 47.0 Å². The number of aromatic nitrogens is 1. The third-order valence-corrected chi connectivity index (χ3v) is 1.71. The highest BCUT2D eigenvalue weighted by molar-refractivity contribution is 5.97. The quantitative estimate of drug-likeness (QED) is 0.657. The third-order valence-electron chi connectivity index (χ3n) is 1.71. The summed E-state index contributed by atoms with van der Waals surface area (Å²) in [7, 11) is 0. The standard InChI is InChI=1S/C10H11NO2/c1-8(12)2-3-10(13)9-4-6-11-7-5-9/h4-7H,2-3H2,1H3. The maximum Gasteiger partial charge on any atom is 0.163 e. The zero-order valence-corrected chi connectivity index (χ0v) is 7.49. The van der Waals surface area contributed by atoms with E-state index < -0.39 is 0 Å². The van der Waals surface area contributed by atoms with Gasteiger partial charge in [-0.1, -0.05) is 0 Å². The summed E-state index contributed by atoms with van der Waals surface area (Å²) in [5, 5.41) is 0. The normalized spacial score (nSPS) is 9.62. The van der Waals surface area contributed by atoms with Crippen LogP contribution in [0.2, 0.25) is 0 Å². The van der Waals surface area contributed by atoms with Gasteiger partial charge in [0.05, 0.1) is 0 Å². The van der Waals surface area contributed by atoms with Gasteiger partial charge in [-0.15, -0.1) is 0 Å².